The maximum absolute atomic E-state index is 5.78. The first kappa shape index (κ1) is 10.4. The first-order chi connectivity index (χ1) is 6.66. The Balaban J connectivity index is 1.74. The highest BCUT2D eigenvalue weighted by molar-refractivity contribution is 4.87. The highest BCUT2D eigenvalue weighted by Crippen LogP contribution is 2.28. The number of rotatable bonds is 3. The fourth-order valence-corrected chi connectivity index (χ4v) is 2.69. The largest absolute Gasteiger partial charge is 0.379 e. The molecule has 0 amide bonds. The van der Waals surface area contributed by atoms with Crippen molar-refractivity contribution < 1.29 is 4.74 Å². The second kappa shape index (κ2) is 4.17. The monoisotopic (exact) mass is 198 g/mol. The van der Waals surface area contributed by atoms with E-state index in [1.165, 1.54) is 19.4 Å². The Morgan fingerprint density at radius 2 is 2.07 bits per heavy atom. The van der Waals surface area contributed by atoms with E-state index in [-0.39, 0.29) is 0 Å². The van der Waals surface area contributed by atoms with Crippen LogP contribution in [0.2, 0.25) is 0 Å². The van der Waals surface area contributed by atoms with Crippen molar-refractivity contribution in [3.8, 4) is 0 Å². The lowest BCUT2D eigenvalue weighted by Gasteiger charge is -2.37. The standard InChI is InChI=1S/C11H22N2O/c1-8-6-14-7-11(8)13(2)5-9-3-10(12)4-9/h8-11H,3-7,12H2,1-2H3. The van der Waals surface area contributed by atoms with Crippen LogP contribution in [0.3, 0.4) is 0 Å². The second-order valence-corrected chi connectivity index (χ2v) is 5.12. The van der Waals surface area contributed by atoms with E-state index in [9.17, 15) is 0 Å². The molecule has 0 spiro atoms. The van der Waals surface area contributed by atoms with Crippen LogP contribution in [-0.2, 0) is 4.74 Å². The topological polar surface area (TPSA) is 38.5 Å². The molecule has 0 aromatic rings. The molecule has 2 atom stereocenters. The van der Waals surface area contributed by atoms with Crippen LogP contribution >= 0.6 is 0 Å². The molecule has 0 aromatic carbocycles. The smallest absolute Gasteiger partial charge is 0.0625 e. The Hall–Kier alpha value is -0.120. The van der Waals surface area contributed by atoms with Gasteiger partial charge in [0.1, 0.15) is 0 Å². The minimum atomic E-state index is 0.477. The maximum Gasteiger partial charge on any atom is 0.0625 e. The molecule has 0 bridgehead atoms. The van der Waals surface area contributed by atoms with Gasteiger partial charge < -0.3 is 15.4 Å². The number of nitrogens with two attached hydrogens (primary N) is 1. The molecule has 3 nitrogen and oxygen atoms in total. The summed E-state index contributed by atoms with van der Waals surface area (Å²) in [5, 5.41) is 0. The van der Waals surface area contributed by atoms with E-state index in [1.54, 1.807) is 0 Å². The summed E-state index contributed by atoms with van der Waals surface area (Å²) in [6.45, 7) is 5.32. The third-order valence-corrected chi connectivity index (χ3v) is 3.71. The SMILES string of the molecule is CC1COCC1N(C)CC1CC(N)C1. The summed E-state index contributed by atoms with van der Waals surface area (Å²) < 4.78 is 5.48. The van der Waals surface area contributed by atoms with Gasteiger partial charge in [0, 0.05) is 18.6 Å². The normalized spacial score (nSPS) is 42.9. The van der Waals surface area contributed by atoms with Crippen LogP contribution in [0, 0.1) is 11.8 Å². The Morgan fingerprint density at radius 1 is 1.36 bits per heavy atom. The average Bonchev–Trinajstić information content (AvgIpc) is 2.48. The zero-order chi connectivity index (χ0) is 10.1. The van der Waals surface area contributed by atoms with E-state index in [2.05, 4.69) is 18.9 Å². The fourth-order valence-electron chi connectivity index (χ4n) is 2.69. The molecule has 3 heteroatoms. The highest BCUT2D eigenvalue weighted by Gasteiger charge is 2.32. The third kappa shape index (κ3) is 2.10. The quantitative estimate of drug-likeness (QED) is 0.725. The van der Waals surface area contributed by atoms with Crippen molar-refractivity contribution >= 4 is 0 Å². The lowest BCUT2D eigenvalue weighted by atomic mass is 9.80. The van der Waals surface area contributed by atoms with Crippen molar-refractivity contribution in [1.82, 2.24) is 4.90 Å². The summed E-state index contributed by atoms with van der Waals surface area (Å²) in [7, 11) is 2.22. The van der Waals surface area contributed by atoms with E-state index >= 15 is 0 Å². The van der Waals surface area contributed by atoms with Crippen molar-refractivity contribution in [2.45, 2.75) is 31.8 Å². The molecule has 0 radical (unpaired) electrons. The summed E-state index contributed by atoms with van der Waals surface area (Å²) in [6, 6.07) is 1.11. The summed E-state index contributed by atoms with van der Waals surface area (Å²) in [6.07, 6.45) is 2.43. The number of hydrogen-bond donors (Lipinski definition) is 1. The van der Waals surface area contributed by atoms with Crippen molar-refractivity contribution in [2.75, 3.05) is 26.8 Å². The molecule has 2 aliphatic rings. The van der Waals surface area contributed by atoms with Crippen molar-refractivity contribution in [2.24, 2.45) is 17.6 Å². The predicted molar refractivity (Wildman–Crippen MR) is 57.1 cm³/mol. The Kier molecular flexibility index (Phi) is 3.10. The molecule has 1 saturated carbocycles. The first-order valence-corrected chi connectivity index (χ1v) is 5.70. The summed E-state index contributed by atoms with van der Waals surface area (Å²) in [5.74, 6) is 1.52. The van der Waals surface area contributed by atoms with Gasteiger partial charge in [-0.05, 0) is 31.7 Å². The lowest BCUT2D eigenvalue weighted by molar-refractivity contribution is 0.120. The third-order valence-electron chi connectivity index (χ3n) is 3.71. The molecule has 1 aliphatic heterocycles. The number of hydrogen-bond acceptors (Lipinski definition) is 3. The molecule has 0 aromatic heterocycles. The molecule has 2 fully saturated rings. The Bertz CT molecular complexity index is 192. The number of nitrogens with zero attached hydrogens (tertiary/aromatic N) is 1. The Labute approximate surface area is 86.6 Å². The molecular weight excluding hydrogens is 176 g/mol. The van der Waals surface area contributed by atoms with Gasteiger partial charge in [0.25, 0.3) is 0 Å². The van der Waals surface area contributed by atoms with Crippen LogP contribution in [0.5, 0.6) is 0 Å². The van der Waals surface area contributed by atoms with Crippen molar-refractivity contribution in [3.05, 3.63) is 0 Å². The second-order valence-electron chi connectivity index (χ2n) is 5.12. The van der Waals surface area contributed by atoms with Crippen LogP contribution in [-0.4, -0.2) is 43.8 Å². The van der Waals surface area contributed by atoms with Gasteiger partial charge >= 0.3 is 0 Å². The van der Waals surface area contributed by atoms with Gasteiger partial charge in [0.15, 0.2) is 0 Å². The summed E-state index contributed by atoms with van der Waals surface area (Å²) in [4.78, 5) is 2.47. The Morgan fingerprint density at radius 3 is 2.57 bits per heavy atom. The lowest BCUT2D eigenvalue weighted by Crippen LogP contribution is -2.46. The van der Waals surface area contributed by atoms with Crippen LogP contribution in [0.4, 0.5) is 0 Å². The van der Waals surface area contributed by atoms with Crippen LogP contribution in [0.25, 0.3) is 0 Å². The number of likely N-dealkylation sites (N-methyl/N-ethyl adjacent to an activating group) is 1. The maximum atomic E-state index is 5.78. The molecule has 2 rings (SSSR count). The minimum Gasteiger partial charge on any atom is -0.379 e. The van der Waals surface area contributed by atoms with Gasteiger partial charge in [-0.25, -0.2) is 0 Å². The van der Waals surface area contributed by atoms with E-state index in [0.29, 0.717) is 18.0 Å². The molecule has 14 heavy (non-hydrogen) atoms. The predicted octanol–water partition coefficient (Wildman–Crippen LogP) is 0.690. The van der Waals surface area contributed by atoms with E-state index in [4.69, 9.17) is 10.5 Å². The average molecular weight is 198 g/mol. The van der Waals surface area contributed by atoms with Gasteiger partial charge in [-0.15, -0.1) is 0 Å². The van der Waals surface area contributed by atoms with Crippen LogP contribution in [0.15, 0.2) is 0 Å². The summed E-state index contributed by atoms with van der Waals surface area (Å²) in [5.41, 5.74) is 5.78. The van der Waals surface area contributed by atoms with Gasteiger partial charge in [-0.3, -0.25) is 0 Å². The van der Waals surface area contributed by atoms with Crippen molar-refractivity contribution in [1.29, 1.82) is 0 Å². The molecule has 1 aliphatic carbocycles. The molecule has 1 heterocycles. The zero-order valence-corrected chi connectivity index (χ0v) is 9.28. The molecule has 2 unspecified atom stereocenters. The molecule has 2 N–H and O–H groups in total. The van der Waals surface area contributed by atoms with Gasteiger partial charge in [-0.1, -0.05) is 6.92 Å². The molecule has 82 valence electrons. The van der Waals surface area contributed by atoms with E-state index in [1.807, 2.05) is 0 Å². The van der Waals surface area contributed by atoms with Gasteiger partial charge in [0.2, 0.25) is 0 Å². The van der Waals surface area contributed by atoms with Crippen LogP contribution < -0.4 is 5.73 Å². The van der Waals surface area contributed by atoms with Gasteiger partial charge in [-0.2, -0.15) is 0 Å². The first-order valence-electron chi connectivity index (χ1n) is 5.70. The molecular formula is C11H22N2O. The minimum absolute atomic E-state index is 0.477. The van der Waals surface area contributed by atoms with Crippen LogP contribution in [0.1, 0.15) is 19.8 Å². The van der Waals surface area contributed by atoms with E-state index < -0.39 is 0 Å². The van der Waals surface area contributed by atoms with E-state index in [0.717, 1.165) is 19.1 Å². The fraction of sp³-hybridized carbons (Fsp3) is 1.00. The van der Waals surface area contributed by atoms with Gasteiger partial charge in [0.05, 0.1) is 13.2 Å². The van der Waals surface area contributed by atoms with Crippen molar-refractivity contribution in [3.63, 3.8) is 0 Å². The summed E-state index contributed by atoms with van der Waals surface area (Å²) >= 11 is 0. The zero-order valence-electron chi connectivity index (χ0n) is 9.28. The number of ether oxygens (including phenoxy) is 1. The molecule has 1 saturated heterocycles. The highest BCUT2D eigenvalue weighted by atomic mass is 16.5.